The highest BCUT2D eigenvalue weighted by Gasteiger charge is 2.29. The van der Waals surface area contributed by atoms with E-state index in [1.807, 2.05) is 6.07 Å². The molecule has 0 amide bonds. The van der Waals surface area contributed by atoms with Gasteiger partial charge in [0, 0.05) is 6.42 Å². The summed E-state index contributed by atoms with van der Waals surface area (Å²) in [7, 11) is -1.17. The van der Waals surface area contributed by atoms with Gasteiger partial charge < -0.3 is 9.47 Å². The van der Waals surface area contributed by atoms with E-state index in [9.17, 15) is 18.1 Å². The summed E-state index contributed by atoms with van der Waals surface area (Å²) in [6.45, 7) is 1.46. The highest BCUT2D eigenvalue weighted by molar-refractivity contribution is 7.93. The number of halogens is 1. The topological polar surface area (TPSA) is 158 Å². The Morgan fingerprint density at radius 3 is 2.35 bits per heavy atom. The van der Waals surface area contributed by atoms with Crippen molar-refractivity contribution >= 4 is 16.0 Å². The Labute approximate surface area is 211 Å². The Morgan fingerprint density at radius 1 is 1.08 bits per heavy atom. The van der Waals surface area contributed by atoms with E-state index >= 15 is 0 Å². The van der Waals surface area contributed by atoms with Crippen LogP contribution < -0.4 is 14.2 Å². The third-order valence-electron chi connectivity index (χ3n) is 5.29. The Hall–Kier alpha value is -4.64. The van der Waals surface area contributed by atoms with E-state index in [4.69, 9.17) is 9.47 Å². The van der Waals surface area contributed by atoms with E-state index in [1.54, 1.807) is 30.3 Å². The third kappa shape index (κ3) is 5.31. The van der Waals surface area contributed by atoms with E-state index in [1.165, 1.54) is 31.8 Å². The number of methoxy groups -OCH3 is 2. The lowest BCUT2D eigenvalue weighted by Crippen LogP contribution is -2.29. The standard InChI is InChI=1S/C23H21FN8O4S/c1-14(10-20-26-12-15(24)13-27-20)37(33,34)31-23-30-29-22(17-7-4-6-16(11-25)28-17)32(23)21-18(35-2)8-5-9-19(21)36-3/h4-9,12-14H,10H2,1-3H3,(H,30,31)/t14-/m0/s1. The summed E-state index contributed by atoms with van der Waals surface area (Å²) >= 11 is 0. The molecule has 0 fully saturated rings. The summed E-state index contributed by atoms with van der Waals surface area (Å²) in [5.74, 6) is 0.166. The minimum Gasteiger partial charge on any atom is -0.494 e. The maximum Gasteiger partial charge on any atom is 0.243 e. The zero-order valence-corrected chi connectivity index (χ0v) is 20.8. The fourth-order valence-corrected chi connectivity index (χ4v) is 4.40. The first-order valence-electron chi connectivity index (χ1n) is 10.8. The number of benzene rings is 1. The van der Waals surface area contributed by atoms with Gasteiger partial charge in [0.2, 0.25) is 16.0 Å². The molecule has 12 nitrogen and oxygen atoms in total. The number of para-hydroxylation sites is 1. The molecular formula is C23H21FN8O4S. The molecule has 0 spiro atoms. The van der Waals surface area contributed by atoms with Gasteiger partial charge in [-0.3, -0.25) is 9.29 Å². The van der Waals surface area contributed by atoms with Crippen LogP contribution in [0.5, 0.6) is 11.5 Å². The first-order chi connectivity index (χ1) is 17.8. The largest absolute Gasteiger partial charge is 0.494 e. The number of hydrogen-bond acceptors (Lipinski definition) is 10. The average Bonchev–Trinajstić information content (AvgIpc) is 3.31. The van der Waals surface area contributed by atoms with Crippen molar-refractivity contribution in [1.82, 2.24) is 29.7 Å². The molecule has 0 bridgehead atoms. The van der Waals surface area contributed by atoms with Gasteiger partial charge in [-0.2, -0.15) is 5.26 Å². The molecule has 0 aliphatic rings. The van der Waals surface area contributed by atoms with Gasteiger partial charge in [-0.15, -0.1) is 10.2 Å². The predicted molar refractivity (Wildman–Crippen MR) is 130 cm³/mol. The molecule has 1 N–H and O–H groups in total. The maximum absolute atomic E-state index is 13.3. The molecular weight excluding hydrogens is 503 g/mol. The molecule has 4 aromatic rings. The van der Waals surface area contributed by atoms with Gasteiger partial charge in [-0.1, -0.05) is 12.1 Å². The summed E-state index contributed by atoms with van der Waals surface area (Å²) in [5.41, 5.74) is 0.704. The second kappa shape index (κ2) is 10.5. The van der Waals surface area contributed by atoms with Crippen LogP contribution in [0.15, 0.2) is 48.8 Å². The Kier molecular flexibility index (Phi) is 7.25. The van der Waals surface area contributed by atoms with Crippen molar-refractivity contribution in [2.45, 2.75) is 18.6 Å². The molecule has 0 saturated heterocycles. The molecule has 1 aromatic carbocycles. The SMILES string of the molecule is COc1cccc(OC)c1-n1c(NS(=O)(=O)[C@@H](C)Cc2ncc(F)cn2)nnc1-c1cccc(C#N)n1. The number of hydrogen-bond donors (Lipinski definition) is 1. The van der Waals surface area contributed by atoms with Crippen molar-refractivity contribution in [3.8, 4) is 34.8 Å². The Morgan fingerprint density at radius 2 is 1.73 bits per heavy atom. The van der Waals surface area contributed by atoms with E-state index in [0.29, 0.717) is 17.2 Å². The van der Waals surface area contributed by atoms with Crippen LogP contribution in [0.3, 0.4) is 0 Å². The van der Waals surface area contributed by atoms with Crippen LogP contribution in [0.25, 0.3) is 17.2 Å². The average molecular weight is 525 g/mol. The summed E-state index contributed by atoms with van der Waals surface area (Å²) < 4.78 is 54.6. The van der Waals surface area contributed by atoms with Gasteiger partial charge in [0.05, 0.1) is 31.9 Å². The van der Waals surface area contributed by atoms with Gasteiger partial charge in [0.15, 0.2) is 11.6 Å². The molecule has 0 saturated carbocycles. The molecule has 4 rings (SSSR count). The van der Waals surface area contributed by atoms with E-state index < -0.39 is 21.1 Å². The van der Waals surface area contributed by atoms with Crippen LogP contribution in [0, 0.1) is 17.1 Å². The normalized spacial score (nSPS) is 12.0. The second-order valence-electron chi connectivity index (χ2n) is 7.69. The van der Waals surface area contributed by atoms with Crippen molar-refractivity contribution in [2.24, 2.45) is 0 Å². The van der Waals surface area contributed by atoms with Gasteiger partial charge in [-0.25, -0.2) is 27.8 Å². The lowest BCUT2D eigenvalue weighted by Gasteiger charge is -2.18. The maximum atomic E-state index is 13.3. The molecule has 14 heteroatoms. The summed E-state index contributed by atoms with van der Waals surface area (Å²) in [5, 5.41) is 16.5. The number of sulfonamides is 1. The van der Waals surface area contributed by atoms with Crippen molar-refractivity contribution in [1.29, 1.82) is 5.26 Å². The number of nitrogens with zero attached hydrogens (tertiary/aromatic N) is 7. The number of ether oxygens (including phenoxy) is 2. The highest BCUT2D eigenvalue weighted by atomic mass is 32.2. The first-order valence-corrected chi connectivity index (χ1v) is 12.3. The van der Waals surface area contributed by atoms with E-state index in [2.05, 4.69) is 29.9 Å². The van der Waals surface area contributed by atoms with Crippen molar-refractivity contribution in [2.75, 3.05) is 18.9 Å². The zero-order valence-electron chi connectivity index (χ0n) is 20.0. The second-order valence-corrected chi connectivity index (χ2v) is 9.79. The van der Waals surface area contributed by atoms with Crippen LogP contribution in [-0.4, -0.2) is 57.6 Å². The molecule has 190 valence electrons. The van der Waals surface area contributed by atoms with Gasteiger partial charge in [0.1, 0.15) is 40.5 Å². The lowest BCUT2D eigenvalue weighted by atomic mass is 10.2. The van der Waals surface area contributed by atoms with Crippen molar-refractivity contribution in [3.05, 3.63) is 66.1 Å². The fourth-order valence-electron chi connectivity index (χ4n) is 3.44. The lowest BCUT2D eigenvalue weighted by molar-refractivity contribution is 0.391. The first kappa shape index (κ1) is 25.5. The monoisotopic (exact) mass is 524 g/mol. The van der Waals surface area contributed by atoms with Crippen molar-refractivity contribution in [3.63, 3.8) is 0 Å². The van der Waals surface area contributed by atoms with Gasteiger partial charge in [-0.05, 0) is 31.2 Å². The van der Waals surface area contributed by atoms with E-state index in [-0.39, 0.29) is 35.4 Å². The molecule has 3 heterocycles. The number of aromatic nitrogens is 6. The highest BCUT2D eigenvalue weighted by Crippen LogP contribution is 2.37. The molecule has 0 aliphatic carbocycles. The molecule has 3 aromatic heterocycles. The molecule has 0 unspecified atom stereocenters. The van der Waals surface area contributed by atoms with Gasteiger partial charge in [0.25, 0.3) is 0 Å². The zero-order chi connectivity index (χ0) is 26.6. The molecule has 0 aliphatic heterocycles. The number of rotatable bonds is 9. The predicted octanol–water partition coefficient (Wildman–Crippen LogP) is 2.52. The molecule has 37 heavy (non-hydrogen) atoms. The van der Waals surface area contributed by atoms with Crippen molar-refractivity contribution < 1.29 is 22.3 Å². The minimum absolute atomic E-state index is 0.0830. The minimum atomic E-state index is -4.07. The summed E-state index contributed by atoms with van der Waals surface area (Å²) in [4.78, 5) is 11.9. The number of nitriles is 1. The summed E-state index contributed by atoms with van der Waals surface area (Å²) in [6, 6.07) is 11.7. The quantitative estimate of drug-likeness (QED) is 0.345. The van der Waals surface area contributed by atoms with Crippen LogP contribution in [0.4, 0.5) is 10.3 Å². The van der Waals surface area contributed by atoms with Gasteiger partial charge >= 0.3 is 0 Å². The fraction of sp³-hybridized carbons (Fsp3) is 0.217. The van der Waals surface area contributed by atoms with Crippen LogP contribution >= 0.6 is 0 Å². The van der Waals surface area contributed by atoms with Crippen LogP contribution in [-0.2, 0) is 16.4 Å². The van der Waals surface area contributed by atoms with Crippen LogP contribution in [0.2, 0.25) is 0 Å². The Bertz CT molecular complexity index is 1550. The van der Waals surface area contributed by atoms with E-state index in [0.717, 1.165) is 12.4 Å². The molecule has 0 radical (unpaired) electrons. The molecule has 1 atom stereocenters. The smallest absolute Gasteiger partial charge is 0.243 e. The summed E-state index contributed by atoms with van der Waals surface area (Å²) in [6.07, 6.45) is 1.85. The number of pyridine rings is 1. The number of anilines is 1. The third-order valence-corrected chi connectivity index (χ3v) is 6.98. The Balaban J connectivity index is 1.83. The van der Waals surface area contributed by atoms with Crippen LogP contribution in [0.1, 0.15) is 18.4 Å². The number of nitrogens with one attached hydrogen (secondary N) is 1.